The molecule has 2 aromatic rings. The van der Waals surface area contributed by atoms with E-state index in [1.54, 1.807) is 7.11 Å². The summed E-state index contributed by atoms with van der Waals surface area (Å²) in [4.78, 5) is 0. The maximum Gasteiger partial charge on any atom is 0.136 e. The number of ether oxygens (including phenoxy) is 1. The van der Waals surface area contributed by atoms with Gasteiger partial charge in [-0.3, -0.25) is 4.68 Å². The number of nitriles is 1. The molecule has 0 atom stereocenters. The predicted octanol–water partition coefficient (Wildman–Crippen LogP) is 2.52. The Labute approximate surface area is 124 Å². The number of rotatable bonds is 5. The van der Waals surface area contributed by atoms with Crippen LogP contribution in [0, 0.1) is 11.3 Å². The van der Waals surface area contributed by atoms with Crippen LogP contribution in [0.3, 0.4) is 0 Å². The van der Waals surface area contributed by atoms with Gasteiger partial charge in [-0.15, -0.1) is 0 Å². The second-order valence-corrected chi connectivity index (χ2v) is 4.82. The Kier molecular flexibility index (Phi) is 4.49. The highest BCUT2D eigenvalue weighted by Gasteiger charge is 2.13. The highest BCUT2D eigenvalue weighted by Crippen LogP contribution is 2.22. The standard InChI is InChI=1S/C16H20N4O/c1-4-13-16(18)14(5-2)20(19-13)10-11-6-7-15(21-3)12(8-11)9-17/h6-8H,4-5,10,18H2,1-3H3. The molecule has 0 fully saturated rings. The molecule has 5 nitrogen and oxygen atoms in total. The van der Waals surface area contributed by atoms with Crippen molar-refractivity contribution in [2.75, 3.05) is 12.8 Å². The molecular formula is C16H20N4O. The highest BCUT2D eigenvalue weighted by molar-refractivity contribution is 5.49. The summed E-state index contributed by atoms with van der Waals surface area (Å²) in [6, 6.07) is 7.74. The number of nitrogens with two attached hydrogens (primary N) is 1. The number of methoxy groups -OCH3 is 1. The molecule has 2 N–H and O–H groups in total. The van der Waals surface area contributed by atoms with Gasteiger partial charge in [-0.1, -0.05) is 19.9 Å². The van der Waals surface area contributed by atoms with Gasteiger partial charge in [-0.25, -0.2) is 0 Å². The van der Waals surface area contributed by atoms with Crippen molar-refractivity contribution >= 4 is 5.69 Å². The lowest BCUT2D eigenvalue weighted by molar-refractivity contribution is 0.413. The van der Waals surface area contributed by atoms with Gasteiger partial charge in [0.25, 0.3) is 0 Å². The van der Waals surface area contributed by atoms with E-state index in [2.05, 4.69) is 18.1 Å². The predicted molar refractivity (Wildman–Crippen MR) is 82.2 cm³/mol. The molecule has 0 amide bonds. The normalized spacial score (nSPS) is 10.4. The lowest BCUT2D eigenvalue weighted by Crippen LogP contribution is -2.07. The number of hydrogen-bond donors (Lipinski definition) is 1. The molecule has 1 heterocycles. The number of nitrogen functional groups attached to an aromatic ring is 1. The second-order valence-electron chi connectivity index (χ2n) is 4.82. The SMILES string of the molecule is CCc1nn(Cc2ccc(OC)c(C#N)c2)c(CC)c1N. The van der Waals surface area contributed by atoms with E-state index >= 15 is 0 Å². The van der Waals surface area contributed by atoms with Crippen molar-refractivity contribution in [2.45, 2.75) is 33.2 Å². The van der Waals surface area contributed by atoms with Crippen LogP contribution in [0.5, 0.6) is 5.75 Å². The fourth-order valence-corrected chi connectivity index (χ4v) is 2.44. The minimum absolute atomic E-state index is 0.531. The maximum atomic E-state index is 9.15. The molecule has 5 heteroatoms. The molecule has 0 saturated carbocycles. The van der Waals surface area contributed by atoms with E-state index in [9.17, 15) is 0 Å². The van der Waals surface area contributed by atoms with E-state index in [0.29, 0.717) is 17.9 Å². The van der Waals surface area contributed by atoms with Crippen molar-refractivity contribution in [3.8, 4) is 11.8 Å². The van der Waals surface area contributed by atoms with Crippen molar-refractivity contribution < 1.29 is 4.74 Å². The molecule has 0 bridgehead atoms. The molecule has 21 heavy (non-hydrogen) atoms. The number of hydrogen-bond acceptors (Lipinski definition) is 4. The van der Waals surface area contributed by atoms with Gasteiger partial charge in [0.15, 0.2) is 0 Å². The molecule has 0 aliphatic rings. The topological polar surface area (TPSA) is 76.9 Å². The first-order valence-corrected chi connectivity index (χ1v) is 7.05. The minimum atomic E-state index is 0.531. The molecule has 0 saturated heterocycles. The van der Waals surface area contributed by atoms with E-state index in [1.807, 2.05) is 29.8 Å². The smallest absolute Gasteiger partial charge is 0.136 e. The van der Waals surface area contributed by atoms with Crippen molar-refractivity contribution in [2.24, 2.45) is 0 Å². The minimum Gasteiger partial charge on any atom is -0.495 e. The third kappa shape index (κ3) is 2.84. The molecule has 110 valence electrons. The maximum absolute atomic E-state index is 9.15. The van der Waals surface area contributed by atoms with Crippen LogP contribution in [-0.2, 0) is 19.4 Å². The Balaban J connectivity index is 2.37. The van der Waals surface area contributed by atoms with Crippen LogP contribution in [0.4, 0.5) is 5.69 Å². The molecule has 0 radical (unpaired) electrons. The Bertz CT molecular complexity index is 682. The first-order valence-electron chi connectivity index (χ1n) is 7.05. The van der Waals surface area contributed by atoms with Gasteiger partial charge in [0, 0.05) is 0 Å². The summed E-state index contributed by atoms with van der Waals surface area (Å²) in [5, 5.41) is 13.7. The fraction of sp³-hybridized carbons (Fsp3) is 0.375. The van der Waals surface area contributed by atoms with Crippen LogP contribution in [0.25, 0.3) is 0 Å². The van der Waals surface area contributed by atoms with Crippen LogP contribution in [0.2, 0.25) is 0 Å². The average molecular weight is 284 g/mol. The fourth-order valence-electron chi connectivity index (χ4n) is 2.44. The van der Waals surface area contributed by atoms with E-state index in [1.165, 1.54) is 0 Å². The summed E-state index contributed by atoms with van der Waals surface area (Å²) in [6.45, 7) is 4.72. The zero-order chi connectivity index (χ0) is 15.4. The largest absolute Gasteiger partial charge is 0.495 e. The molecular weight excluding hydrogens is 264 g/mol. The zero-order valence-electron chi connectivity index (χ0n) is 12.7. The summed E-state index contributed by atoms with van der Waals surface area (Å²) < 4.78 is 7.09. The molecule has 1 aromatic carbocycles. The van der Waals surface area contributed by atoms with Gasteiger partial charge in [-0.2, -0.15) is 10.4 Å². The van der Waals surface area contributed by atoms with Gasteiger partial charge < -0.3 is 10.5 Å². The van der Waals surface area contributed by atoms with E-state index < -0.39 is 0 Å². The molecule has 2 rings (SSSR count). The molecule has 0 aliphatic carbocycles. The van der Waals surface area contributed by atoms with Crippen molar-refractivity contribution in [1.82, 2.24) is 9.78 Å². The van der Waals surface area contributed by atoms with Crippen molar-refractivity contribution in [1.29, 1.82) is 5.26 Å². The Morgan fingerprint density at radius 2 is 2.10 bits per heavy atom. The molecule has 0 unspecified atom stereocenters. The number of aromatic nitrogens is 2. The third-order valence-corrected chi connectivity index (χ3v) is 3.56. The van der Waals surface area contributed by atoms with Gasteiger partial charge >= 0.3 is 0 Å². The van der Waals surface area contributed by atoms with Crippen LogP contribution in [0.15, 0.2) is 18.2 Å². The molecule has 1 aromatic heterocycles. The van der Waals surface area contributed by atoms with Gasteiger partial charge in [0.1, 0.15) is 11.8 Å². The first-order chi connectivity index (χ1) is 10.1. The van der Waals surface area contributed by atoms with Crippen molar-refractivity contribution in [3.05, 3.63) is 40.7 Å². The Morgan fingerprint density at radius 3 is 2.67 bits per heavy atom. The number of aryl methyl sites for hydroxylation is 1. The molecule has 0 spiro atoms. The van der Waals surface area contributed by atoms with Gasteiger partial charge in [0.2, 0.25) is 0 Å². The van der Waals surface area contributed by atoms with Crippen molar-refractivity contribution in [3.63, 3.8) is 0 Å². The Hall–Kier alpha value is -2.48. The number of nitrogens with zero attached hydrogens (tertiary/aromatic N) is 3. The number of benzene rings is 1. The summed E-state index contributed by atoms with van der Waals surface area (Å²) >= 11 is 0. The van der Waals surface area contributed by atoms with Crippen LogP contribution in [0.1, 0.15) is 36.4 Å². The summed E-state index contributed by atoms with van der Waals surface area (Å²) in [6.07, 6.45) is 1.65. The van der Waals surface area contributed by atoms with Crippen LogP contribution < -0.4 is 10.5 Å². The lowest BCUT2D eigenvalue weighted by atomic mass is 10.1. The van der Waals surface area contributed by atoms with E-state index in [0.717, 1.165) is 35.5 Å². The third-order valence-electron chi connectivity index (χ3n) is 3.56. The monoisotopic (exact) mass is 284 g/mol. The first kappa shape index (κ1) is 14.9. The number of anilines is 1. The van der Waals surface area contributed by atoms with Gasteiger partial charge in [-0.05, 0) is 30.5 Å². The zero-order valence-corrected chi connectivity index (χ0v) is 12.7. The lowest BCUT2D eigenvalue weighted by Gasteiger charge is -2.09. The molecule has 0 aliphatic heterocycles. The summed E-state index contributed by atoms with van der Waals surface area (Å²) in [5.74, 6) is 0.589. The average Bonchev–Trinajstić information content (AvgIpc) is 2.82. The second kappa shape index (κ2) is 6.31. The van der Waals surface area contributed by atoms with Crippen LogP contribution >= 0.6 is 0 Å². The van der Waals surface area contributed by atoms with E-state index in [4.69, 9.17) is 15.7 Å². The Morgan fingerprint density at radius 1 is 1.33 bits per heavy atom. The van der Waals surface area contributed by atoms with E-state index in [-0.39, 0.29) is 0 Å². The highest BCUT2D eigenvalue weighted by atomic mass is 16.5. The van der Waals surface area contributed by atoms with Gasteiger partial charge in [0.05, 0.1) is 36.3 Å². The summed E-state index contributed by atoms with van der Waals surface area (Å²) in [7, 11) is 1.56. The quantitative estimate of drug-likeness (QED) is 0.915. The summed E-state index contributed by atoms with van der Waals surface area (Å²) in [5.41, 5.74) is 10.4. The van der Waals surface area contributed by atoms with Crippen LogP contribution in [-0.4, -0.2) is 16.9 Å².